The summed E-state index contributed by atoms with van der Waals surface area (Å²) in [5, 5.41) is 24.5. The van der Waals surface area contributed by atoms with Crippen LogP contribution >= 0.6 is 0 Å². The molecule has 3 aliphatic rings. The SMILES string of the molecule is CC(=O)N[C@@H](Cc1ccc(OCc2ccccc2)cc1)C(=O)N[C@H](CC(C)C)C(=O)N[C@@H](CC(=O)OC(C)(C)C)C(=O)NCCOCCOCCN=[N+]=[N-].CC(C)(C)OC(=O)C[C@@H]1NC(=O)OC1=O.CC(C)C[C@H]1NC(=O)OC1=O.O=C1N[C@@H](Cc2ccc(OCc3ccccc3)cc2)C(=O)O1.[Cl-].[N-]=[N+]=NCCOCCOCC[NH3+]. The number of hydrogen-bond acceptors (Lipinski definition) is 25. The van der Waals surface area contributed by atoms with Gasteiger partial charge in [-0.25, -0.2) is 28.8 Å². The lowest BCUT2D eigenvalue weighted by atomic mass is 10.0. The van der Waals surface area contributed by atoms with Crippen molar-refractivity contribution in [3.8, 4) is 11.5 Å². The fraction of sp³-hybridized carbons (Fsp3) is 0.532. The van der Waals surface area contributed by atoms with Crippen molar-refractivity contribution in [3.05, 3.63) is 152 Å². The molecule has 0 unspecified atom stereocenters. The highest BCUT2D eigenvalue weighted by Gasteiger charge is 2.37. The normalized spacial score (nSPS) is 15.2. The van der Waals surface area contributed by atoms with Crippen LogP contribution in [0.1, 0.15) is 124 Å². The molecule has 0 saturated carbocycles. The topological polar surface area (TPSA) is 516 Å². The summed E-state index contributed by atoms with van der Waals surface area (Å²) < 4.78 is 55.8. The van der Waals surface area contributed by atoms with Gasteiger partial charge in [0.1, 0.15) is 72.2 Å². The molecule has 7 rings (SSSR count). The molecule has 7 amide bonds. The lowest BCUT2D eigenvalue weighted by Gasteiger charge is -2.27. The number of quaternary nitrogens is 1. The van der Waals surface area contributed by atoms with Crippen LogP contribution in [0.15, 0.2) is 119 Å². The molecule has 37 nitrogen and oxygen atoms in total. The molecule has 3 aliphatic heterocycles. The van der Waals surface area contributed by atoms with Crippen LogP contribution in [0.3, 0.4) is 0 Å². The van der Waals surface area contributed by atoms with Crippen LogP contribution in [0.4, 0.5) is 14.4 Å². The van der Waals surface area contributed by atoms with Gasteiger partial charge in [-0.3, -0.25) is 28.8 Å². The Labute approximate surface area is 674 Å². The number of nitrogens with zero attached hydrogens (tertiary/aromatic N) is 6. The van der Waals surface area contributed by atoms with E-state index in [2.05, 4.69) is 77.2 Å². The summed E-state index contributed by atoms with van der Waals surface area (Å²) in [5.41, 5.74) is 22.2. The fourth-order valence-corrected chi connectivity index (χ4v) is 9.90. The molecule has 4 aromatic carbocycles. The maximum Gasteiger partial charge on any atom is 0.415 e. The number of nitrogens with one attached hydrogen (secondary N) is 7. The van der Waals surface area contributed by atoms with Gasteiger partial charge in [0.15, 0.2) is 0 Å². The second kappa shape index (κ2) is 55.3. The molecule has 38 heteroatoms. The molecular weight excluding hydrogens is 1520 g/mol. The Morgan fingerprint density at radius 2 is 0.930 bits per heavy atom. The quantitative estimate of drug-likeness (QED) is 0.00599. The Kier molecular flexibility index (Phi) is 48.1. The van der Waals surface area contributed by atoms with Crippen LogP contribution in [-0.2, 0) is 112 Å². The van der Waals surface area contributed by atoms with E-state index >= 15 is 0 Å². The first-order valence-electron chi connectivity index (χ1n) is 36.9. The molecule has 0 bridgehead atoms. The second-order valence-corrected chi connectivity index (χ2v) is 28.2. The molecule has 4 aromatic rings. The highest BCUT2D eigenvalue weighted by atomic mass is 35.5. The van der Waals surface area contributed by atoms with Crippen molar-refractivity contribution in [1.29, 1.82) is 0 Å². The molecule has 10 N–H and O–H groups in total. The smallest absolute Gasteiger partial charge is 0.415 e. The fourth-order valence-electron chi connectivity index (χ4n) is 9.90. The zero-order valence-electron chi connectivity index (χ0n) is 66.8. The van der Waals surface area contributed by atoms with E-state index in [1.807, 2.05) is 113 Å². The summed E-state index contributed by atoms with van der Waals surface area (Å²) in [6.07, 6.45) is -1.41. The lowest BCUT2D eigenvalue weighted by Crippen LogP contribution is -3.00. The number of cyclic esters (lactones) is 6. The first-order valence-corrected chi connectivity index (χ1v) is 36.9. The molecule has 0 aliphatic carbocycles. The largest absolute Gasteiger partial charge is 1.00 e. The minimum Gasteiger partial charge on any atom is -1.00 e. The van der Waals surface area contributed by atoms with Crippen LogP contribution in [-0.4, -0.2) is 198 Å². The Hall–Kier alpha value is -11.2. The van der Waals surface area contributed by atoms with Crippen molar-refractivity contribution in [2.75, 3.05) is 79.0 Å². The number of halogens is 1. The van der Waals surface area contributed by atoms with Crippen LogP contribution in [0.2, 0.25) is 0 Å². The van der Waals surface area contributed by atoms with Crippen LogP contribution in [0, 0.1) is 11.8 Å². The van der Waals surface area contributed by atoms with Gasteiger partial charge in [0, 0.05) is 49.2 Å². The predicted octanol–water partition coefficient (Wildman–Crippen LogP) is 3.56. The summed E-state index contributed by atoms with van der Waals surface area (Å²) in [6.45, 7) is 24.7. The Bertz CT molecular complexity index is 3780. The van der Waals surface area contributed by atoms with E-state index in [0.29, 0.717) is 70.7 Å². The number of azide groups is 2. The summed E-state index contributed by atoms with van der Waals surface area (Å²) >= 11 is 0. The number of carbonyl (C=O) groups is 12. The number of carbonyl (C=O) groups excluding carboxylic acids is 12. The van der Waals surface area contributed by atoms with Gasteiger partial charge >= 0.3 is 48.1 Å². The van der Waals surface area contributed by atoms with Gasteiger partial charge in [-0.1, -0.05) is 123 Å². The molecular formula is C77H109ClN14O23. The van der Waals surface area contributed by atoms with Gasteiger partial charge in [-0.2, -0.15) is 0 Å². The zero-order valence-corrected chi connectivity index (χ0v) is 67.6. The van der Waals surface area contributed by atoms with Crippen molar-refractivity contribution in [2.24, 2.45) is 22.1 Å². The highest BCUT2D eigenvalue weighted by Crippen LogP contribution is 2.20. The number of ether oxygens (including phenoxy) is 11. The molecule has 3 heterocycles. The van der Waals surface area contributed by atoms with Gasteiger partial charge < -0.3 is 107 Å². The van der Waals surface area contributed by atoms with Crippen molar-refractivity contribution < 1.29 is 128 Å². The zero-order chi connectivity index (χ0) is 84.4. The summed E-state index contributed by atoms with van der Waals surface area (Å²) in [7, 11) is 0. The van der Waals surface area contributed by atoms with E-state index in [0.717, 1.165) is 34.5 Å². The molecule has 3 fully saturated rings. The molecule has 632 valence electrons. The maximum absolute atomic E-state index is 13.7. The number of alkyl carbamates (subject to hydrolysis) is 3. The number of esters is 5. The van der Waals surface area contributed by atoms with Gasteiger partial charge in [0.05, 0.1) is 72.2 Å². The van der Waals surface area contributed by atoms with Gasteiger partial charge in [0.2, 0.25) is 23.6 Å². The van der Waals surface area contributed by atoms with Crippen LogP contribution < -0.4 is 64.8 Å². The number of amides is 7. The van der Waals surface area contributed by atoms with Crippen molar-refractivity contribution >= 4 is 71.8 Å². The van der Waals surface area contributed by atoms with E-state index in [1.165, 1.54) is 6.92 Å². The predicted molar refractivity (Wildman–Crippen MR) is 410 cm³/mol. The van der Waals surface area contributed by atoms with Crippen LogP contribution in [0.25, 0.3) is 20.9 Å². The van der Waals surface area contributed by atoms with Crippen molar-refractivity contribution in [3.63, 3.8) is 0 Å². The third kappa shape index (κ3) is 46.6. The lowest BCUT2D eigenvalue weighted by molar-refractivity contribution is -0.374. The van der Waals surface area contributed by atoms with Crippen molar-refractivity contribution in [1.82, 2.24) is 37.2 Å². The third-order valence-corrected chi connectivity index (χ3v) is 14.9. The average molecular weight is 1630 g/mol. The molecule has 3 saturated heterocycles. The van der Waals surface area contributed by atoms with Gasteiger partial charge in [-0.05, 0) is 124 Å². The maximum atomic E-state index is 13.7. The van der Waals surface area contributed by atoms with E-state index in [-0.39, 0.29) is 77.1 Å². The molecule has 115 heavy (non-hydrogen) atoms. The van der Waals surface area contributed by atoms with Gasteiger partial charge in [-0.15, -0.1) is 0 Å². The Morgan fingerprint density at radius 1 is 0.504 bits per heavy atom. The molecule has 0 aromatic heterocycles. The highest BCUT2D eigenvalue weighted by molar-refractivity contribution is 5.98. The summed E-state index contributed by atoms with van der Waals surface area (Å²) in [6, 6.07) is 28.8. The molecule has 0 spiro atoms. The van der Waals surface area contributed by atoms with Crippen LogP contribution in [0.5, 0.6) is 11.5 Å². The Morgan fingerprint density at radius 3 is 1.36 bits per heavy atom. The first kappa shape index (κ1) is 99.9. The first-order chi connectivity index (χ1) is 54.1. The number of benzene rings is 4. The van der Waals surface area contributed by atoms with E-state index < -0.39 is 126 Å². The number of rotatable bonds is 41. The molecule has 6 atom stereocenters. The summed E-state index contributed by atoms with van der Waals surface area (Å²) in [5.74, 6) is -3.62. The average Bonchev–Trinajstić information content (AvgIpc) is 1.83. The second-order valence-electron chi connectivity index (χ2n) is 28.2. The minimum atomic E-state index is -1.32. The minimum absolute atomic E-state index is 0. The number of hydrogen-bond donors (Lipinski definition) is 8. The van der Waals surface area contributed by atoms with E-state index in [1.54, 1.807) is 65.8 Å². The molecule has 0 radical (unpaired) electrons. The van der Waals surface area contributed by atoms with Gasteiger partial charge in [0.25, 0.3) is 0 Å². The Balaban J connectivity index is 0.000000589. The van der Waals surface area contributed by atoms with E-state index in [9.17, 15) is 57.5 Å². The third-order valence-electron chi connectivity index (χ3n) is 14.9. The standard InChI is InChI=1S/C38H55N7O9.C17H15NO4.C9H13NO5.C7H11NO3.C6H14N4O2.ClH/c1-26(2)22-31(43-37(50)32(42-27(3)46)23-28-12-14-30(15-13-28)53-25-29-10-8-7-9-11-29)36(49)44-33(24-34(47)54-38(4,5)6)35(48)40-16-18-51-20-21-52-19-17-41-45-39;19-16-15(18-17(20)22-16)10-12-6-8-14(9-7-12)21-11-13-4-2-1-3-5-13;1-9(2,3)15-6(11)4-5-7(12)14-8(13)10-5;1-4(2)3-5-6(9)11-7(10)8-5;7-1-3-11-5-6-12-4-2-9-10-8;/h7-15,26,31-33H,16-25H2,1-6H3,(H,40,48)(H,42,46)(H,43,50)(H,44,49);1-9,15H,10-11H2,(H,18,20);5H,4H2,1-3H3,(H,10,13);4-5H,3H2,1-2H3,(H,8,10);1-7H2;1H/t31-,32+,33+;15-;2*5-;;/m1001../s1. The summed E-state index contributed by atoms with van der Waals surface area (Å²) in [4.78, 5) is 147. The monoisotopic (exact) mass is 1630 g/mol. The van der Waals surface area contributed by atoms with E-state index in [4.69, 9.17) is 49.0 Å². The van der Waals surface area contributed by atoms with Crippen molar-refractivity contribution in [2.45, 2.75) is 175 Å².